The normalized spacial score (nSPS) is 10.3. The predicted octanol–water partition coefficient (Wildman–Crippen LogP) is 2.47. The van der Waals surface area contributed by atoms with E-state index in [0.717, 1.165) is 5.69 Å². The molecule has 2 N–H and O–H groups in total. The third-order valence-corrected chi connectivity index (χ3v) is 3.31. The number of halogens is 1. The number of carbonyl (C=O) groups excluding carboxylic acids is 1. The fourth-order valence-corrected chi connectivity index (χ4v) is 2.24. The Bertz CT molecular complexity index is 543. The maximum Gasteiger partial charge on any atom is 0.252 e. The molecule has 2 rings (SSSR count). The smallest absolute Gasteiger partial charge is 0.252 e. The van der Waals surface area contributed by atoms with E-state index < -0.39 is 0 Å². The lowest BCUT2D eigenvalue weighted by atomic mass is 10.2. The van der Waals surface area contributed by atoms with Crippen molar-refractivity contribution in [2.24, 2.45) is 0 Å². The van der Waals surface area contributed by atoms with E-state index >= 15 is 0 Å². The topological polar surface area (TPSA) is 62.2 Å². The van der Waals surface area contributed by atoms with Crippen LogP contribution in [0.25, 0.3) is 0 Å². The third-order valence-electron chi connectivity index (χ3n) is 2.34. The van der Waals surface area contributed by atoms with E-state index in [-0.39, 0.29) is 17.2 Å². The van der Waals surface area contributed by atoms with Gasteiger partial charge in [0.05, 0.1) is 21.8 Å². The van der Waals surface area contributed by atoms with Gasteiger partial charge in [-0.05, 0) is 18.2 Å². The molecule has 0 aliphatic carbocycles. The minimum absolute atomic E-state index is 0.0176. The molecule has 1 amide bonds. The Morgan fingerprint density at radius 1 is 1.50 bits per heavy atom. The van der Waals surface area contributed by atoms with Gasteiger partial charge in [-0.25, -0.2) is 4.98 Å². The van der Waals surface area contributed by atoms with Crippen LogP contribution in [0.1, 0.15) is 16.1 Å². The standard InChI is InChI=1S/C12H11ClN2O2S/c13-11-2-1-9(16)5-10(11)12(17)14-4-3-8-6-18-7-15-8/h1-2,5-7,16H,3-4H2,(H,14,17). The Kier molecular flexibility index (Phi) is 4.17. The Balaban J connectivity index is 1.93. The summed E-state index contributed by atoms with van der Waals surface area (Å²) in [6.07, 6.45) is 0.672. The molecule has 0 unspecified atom stereocenters. The molecular weight excluding hydrogens is 272 g/mol. The lowest BCUT2D eigenvalue weighted by molar-refractivity contribution is 0.0954. The van der Waals surface area contributed by atoms with Gasteiger partial charge >= 0.3 is 0 Å². The van der Waals surface area contributed by atoms with Gasteiger partial charge in [-0.15, -0.1) is 11.3 Å². The Hall–Kier alpha value is -1.59. The average Bonchev–Trinajstić information content (AvgIpc) is 2.85. The van der Waals surface area contributed by atoms with E-state index in [1.165, 1.54) is 29.5 Å². The first-order valence-electron chi connectivity index (χ1n) is 5.30. The molecule has 0 aliphatic heterocycles. The number of aromatic hydroxyl groups is 1. The number of amides is 1. The summed E-state index contributed by atoms with van der Waals surface area (Å²) in [4.78, 5) is 15.9. The fraction of sp³-hybridized carbons (Fsp3) is 0.167. The highest BCUT2D eigenvalue weighted by Crippen LogP contribution is 2.20. The molecule has 1 heterocycles. The van der Waals surface area contributed by atoms with Crippen molar-refractivity contribution in [2.75, 3.05) is 6.54 Å². The minimum atomic E-state index is -0.300. The van der Waals surface area contributed by atoms with E-state index in [2.05, 4.69) is 10.3 Å². The van der Waals surface area contributed by atoms with E-state index in [0.29, 0.717) is 18.0 Å². The van der Waals surface area contributed by atoms with Crippen LogP contribution in [0, 0.1) is 0 Å². The Labute approximate surface area is 113 Å². The number of nitrogens with zero attached hydrogens (tertiary/aromatic N) is 1. The van der Waals surface area contributed by atoms with Crippen molar-refractivity contribution < 1.29 is 9.90 Å². The van der Waals surface area contributed by atoms with Crippen LogP contribution in [0.4, 0.5) is 0 Å². The zero-order valence-corrected chi connectivity index (χ0v) is 11.0. The summed E-state index contributed by atoms with van der Waals surface area (Å²) >= 11 is 7.41. The molecule has 0 aliphatic rings. The summed E-state index contributed by atoms with van der Waals surface area (Å²) in [7, 11) is 0. The van der Waals surface area contributed by atoms with Crippen molar-refractivity contribution in [1.82, 2.24) is 10.3 Å². The molecule has 0 fully saturated rings. The maximum atomic E-state index is 11.8. The number of hydrogen-bond acceptors (Lipinski definition) is 4. The Morgan fingerprint density at radius 3 is 3.06 bits per heavy atom. The monoisotopic (exact) mass is 282 g/mol. The number of thiazole rings is 1. The number of benzene rings is 1. The summed E-state index contributed by atoms with van der Waals surface area (Å²) in [6.45, 7) is 0.481. The summed E-state index contributed by atoms with van der Waals surface area (Å²) in [6, 6.07) is 4.28. The van der Waals surface area contributed by atoms with Gasteiger partial charge < -0.3 is 10.4 Å². The molecule has 94 valence electrons. The first-order valence-corrected chi connectivity index (χ1v) is 6.62. The van der Waals surface area contributed by atoms with Gasteiger partial charge in [0.25, 0.3) is 5.91 Å². The summed E-state index contributed by atoms with van der Waals surface area (Å²) in [5.74, 6) is -0.282. The van der Waals surface area contributed by atoms with Crippen LogP contribution in [-0.2, 0) is 6.42 Å². The first kappa shape index (κ1) is 12.9. The molecule has 0 radical (unpaired) electrons. The molecule has 0 atom stereocenters. The largest absolute Gasteiger partial charge is 0.508 e. The number of nitrogens with one attached hydrogen (secondary N) is 1. The van der Waals surface area contributed by atoms with E-state index in [1.807, 2.05) is 5.38 Å². The van der Waals surface area contributed by atoms with Crippen molar-refractivity contribution >= 4 is 28.8 Å². The zero-order chi connectivity index (χ0) is 13.0. The molecule has 0 saturated carbocycles. The molecule has 0 spiro atoms. The van der Waals surface area contributed by atoms with Crippen LogP contribution in [0.15, 0.2) is 29.1 Å². The fourth-order valence-electron chi connectivity index (χ4n) is 1.45. The van der Waals surface area contributed by atoms with Gasteiger partial charge in [0, 0.05) is 18.3 Å². The van der Waals surface area contributed by atoms with Crippen LogP contribution < -0.4 is 5.32 Å². The third kappa shape index (κ3) is 3.21. The highest BCUT2D eigenvalue weighted by Gasteiger charge is 2.10. The van der Waals surface area contributed by atoms with Crippen molar-refractivity contribution in [3.63, 3.8) is 0 Å². The maximum absolute atomic E-state index is 11.8. The quantitative estimate of drug-likeness (QED) is 0.905. The van der Waals surface area contributed by atoms with Crippen molar-refractivity contribution in [2.45, 2.75) is 6.42 Å². The lowest BCUT2D eigenvalue weighted by Crippen LogP contribution is -2.26. The number of hydrogen-bond donors (Lipinski definition) is 2. The SMILES string of the molecule is O=C(NCCc1cscn1)c1cc(O)ccc1Cl. The molecule has 0 bridgehead atoms. The molecule has 6 heteroatoms. The van der Waals surface area contributed by atoms with Gasteiger partial charge in [-0.2, -0.15) is 0 Å². The van der Waals surface area contributed by atoms with Gasteiger partial charge in [0.2, 0.25) is 0 Å². The van der Waals surface area contributed by atoms with E-state index in [1.54, 1.807) is 5.51 Å². The molecule has 1 aromatic carbocycles. The predicted molar refractivity (Wildman–Crippen MR) is 71.3 cm³/mol. The molecule has 0 saturated heterocycles. The number of rotatable bonds is 4. The number of carbonyl (C=O) groups is 1. The second-order valence-corrected chi connectivity index (χ2v) is 4.78. The van der Waals surface area contributed by atoms with E-state index in [4.69, 9.17) is 11.6 Å². The molecule has 1 aromatic heterocycles. The van der Waals surface area contributed by atoms with Crippen molar-refractivity contribution in [1.29, 1.82) is 0 Å². The van der Waals surface area contributed by atoms with Gasteiger partial charge in [-0.3, -0.25) is 4.79 Å². The van der Waals surface area contributed by atoms with Crippen LogP contribution in [0.3, 0.4) is 0 Å². The van der Waals surface area contributed by atoms with Crippen LogP contribution in [0.5, 0.6) is 5.75 Å². The van der Waals surface area contributed by atoms with Gasteiger partial charge in [0.1, 0.15) is 5.75 Å². The summed E-state index contributed by atoms with van der Waals surface area (Å²) in [5.41, 5.74) is 2.97. The first-order chi connectivity index (χ1) is 8.66. The molecule has 18 heavy (non-hydrogen) atoms. The Morgan fingerprint density at radius 2 is 2.33 bits per heavy atom. The van der Waals surface area contributed by atoms with E-state index in [9.17, 15) is 9.90 Å². The lowest BCUT2D eigenvalue weighted by Gasteiger charge is -2.06. The second kappa shape index (κ2) is 5.84. The van der Waals surface area contributed by atoms with Gasteiger partial charge in [0.15, 0.2) is 0 Å². The van der Waals surface area contributed by atoms with Crippen LogP contribution in [-0.4, -0.2) is 22.5 Å². The minimum Gasteiger partial charge on any atom is -0.508 e. The highest BCUT2D eigenvalue weighted by atomic mass is 35.5. The number of aromatic nitrogens is 1. The molecular formula is C12H11ClN2O2S. The zero-order valence-electron chi connectivity index (χ0n) is 9.39. The second-order valence-electron chi connectivity index (χ2n) is 3.65. The summed E-state index contributed by atoms with van der Waals surface area (Å²) in [5, 5.41) is 14.3. The summed E-state index contributed by atoms with van der Waals surface area (Å²) < 4.78 is 0. The van der Waals surface area contributed by atoms with Gasteiger partial charge in [-0.1, -0.05) is 11.6 Å². The number of phenolic OH excluding ortho intramolecular Hbond substituents is 1. The van der Waals surface area contributed by atoms with Crippen molar-refractivity contribution in [3.8, 4) is 5.75 Å². The highest BCUT2D eigenvalue weighted by molar-refractivity contribution is 7.07. The van der Waals surface area contributed by atoms with Crippen LogP contribution in [0.2, 0.25) is 5.02 Å². The average molecular weight is 283 g/mol. The van der Waals surface area contributed by atoms with Crippen molar-refractivity contribution in [3.05, 3.63) is 45.4 Å². The molecule has 4 nitrogen and oxygen atoms in total. The van der Waals surface area contributed by atoms with Crippen LogP contribution >= 0.6 is 22.9 Å². The molecule has 2 aromatic rings. The number of phenols is 1.